The number of hydrogen-bond donors (Lipinski definition) is 0. The Labute approximate surface area is 113 Å². The van der Waals surface area contributed by atoms with E-state index in [1.807, 2.05) is 0 Å². The predicted molar refractivity (Wildman–Crippen MR) is 83.6 cm³/mol. The Bertz CT molecular complexity index is 233. The van der Waals surface area contributed by atoms with Gasteiger partial charge in [0.2, 0.25) is 0 Å². The molecule has 0 amide bonds. The Kier molecular flexibility index (Phi) is 8.11. The van der Waals surface area contributed by atoms with E-state index < -0.39 is 26.5 Å². The molecule has 17 heavy (non-hydrogen) atoms. The van der Waals surface area contributed by atoms with Gasteiger partial charge in [0.25, 0.3) is 0 Å². The third-order valence-electron chi connectivity index (χ3n) is 5.22. The summed E-state index contributed by atoms with van der Waals surface area (Å²) in [6.45, 7) is 13.9. The zero-order chi connectivity index (χ0) is 13.5. The van der Waals surface area contributed by atoms with Crippen LogP contribution in [-0.4, -0.2) is 32.5 Å². The summed E-state index contributed by atoms with van der Waals surface area (Å²) in [7, 11) is 0. The Morgan fingerprint density at radius 1 is 0.706 bits per heavy atom. The standard InChI is InChI=1S/C14H30Ge2O/c1-7-15(8-2,9-3)14(13-17)16(10-4,11-5)12-6/h7-12H2,1-6H3. The van der Waals surface area contributed by atoms with E-state index in [0.717, 1.165) is 0 Å². The molecule has 0 aliphatic carbocycles. The molecule has 0 aromatic carbocycles. The van der Waals surface area contributed by atoms with Gasteiger partial charge in [-0.25, -0.2) is 0 Å². The summed E-state index contributed by atoms with van der Waals surface area (Å²) in [5.74, 6) is 2.52. The van der Waals surface area contributed by atoms with Crippen molar-refractivity contribution >= 4 is 32.5 Å². The van der Waals surface area contributed by atoms with Crippen molar-refractivity contribution in [2.45, 2.75) is 73.1 Å². The molecule has 3 heteroatoms. The normalized spacial score (nSPS) is 12.4. The molecule has 0 aromatic heterocycles. The summed E-state index contributed by atoms with van der Waals surface area (Å²) in [4.78, 5) is 11.7. The molecule has 0 aliphatic rings. The molecule has 0 spiro atoms. The fourth-order valence-electron chi connectivity index (χ4n) is 3.34. The molecule has 0 N–H and O–H groups in total. The van der Waals surface area contributed by atoms with Crippen molar-refractivity contribution < 1.29 is 4.79 Å². The summed E-state index contributed by atoms with van der Waals surface area (Å²) >= 11 is -4.08. The molecule has 0 aliphatic heterocycles. The molecule has 1 nitrogen and oxygen atoms in total. The van der Waals surface area contributed by atoms with Gasteiger partial charge in [0, 0.05) is 0 Å². The van der Waals surface area contributed by atoms with Crippen LogP contribution >= 0.6 is 0 Å². The first kappa shape index (κ1) is 17.5. The molecule has 0 saturated heterocycles. The van der Waals surface area contributed by atoms with E-state index in [4.69, 9.17) is 0 Å². The Balaban J connectivity index is 5.68. The van der Waals surface area contributed by atoms with E-state index in [2.05, 4.69) is 47.5 Å². The number of hydrogen-bond acceptors (Lipinski definition) is 1. The van der Waals surface area contributed by atoms with Crippen molar-refractivity contribution in [1.82, 2.24) is 0 Å². The third kappa shape index (κ3) is 3.30. The minimum atomic E-state index is -2.04. The SMILES string of the molecule is C[CH2][Ge]([CH2]C)([CH2]C)[C](=C=O)[Ge]([CH2]C)([CH2]C)[CH2]C. The first-order valence-electron chi connectivity index (χ1n) is 7.32. The van der Waals surface area contributed by atoms with E-state index in [1.165, 1.54) is 34.8 Å². The molecule has 0 saturated carbocycles. The second-order valence-electron chi connectivity index (χ2n) is 5.16. The maximum absolute atomic E-state index is 11.7. The van der Waals surface area contributed by atoms with Crippen molar-refractivity contribution in [3.05, 3.63) is 3.24 Å². The van der Waals surface area contributed by atoms with Gasteiger partial charge in [-0.2, -0.15) is 0 Å². The minimum absolute atomic E-state index is 1.28. The molecule has 0 rings (SSSR count). The van der Waals surface area contributed by atoms with E-state index in [0.29, 0.717) is 0 Å². The maximum atomic E-state index is 11.7. The van der Waals surface area contributed by atoms with Gasteiger partial charge in [-0.15, -0.1) is 0 Å². The number of carbonyl (C=O) groups excluding carboxylic acids is 1. The van der Waals surface area contributed by atoms with Crippen LogP contribution in [0.5, 0.6) is 0 Å². The molecule has 0 aromatic rings. The van der Waals surface area contributed by atoms with Gasteiger partial charge in [0.1, 0.15) is 0 Å². The molecule has 0 radical (unpaired) electrons. The quantitative estimate of drug-likeness (QED) is 0.448. The molecule has 0 heterocycles. The van der Waals surface area contributed by atoms with E-state index in [-0.39, 0.29) is 0 Å². The van der Waals surface area contributed by atoms with Gasteiger partial charge in [0.15, 0.2) is 0 Å². The van der Waals surface area contributed by atoms with Crippen molar-refractivity contribution in [3.8, 4) is 0 Å². The van der Waals surface area contributed by atoms with E-state index >= 15 is 0 Å². The van der Waals surface area contributed by atoms with Crippen LogP contribution in [-0.2, 0) is 4.79 Å². The zero-order valence-corrected chi connectivity index (χ0v) is 16.8. The second kappa shape index (κ2) is 7.86. The van der Waals surface area contributed by atoms with Crippen LogP contribution in [0.1, 0.15) is 41.5 Å². The number of rotatable bonds is 8. The topological polar surface area (TPSA) is 17.1 Å². The summed E-state index contributed by atoms with van der Waals surface area (Å²) in [6.07, 6.45) is 0. The third-order valence-corrected chi connectivity index (χ3v) is 38.7. The molecule has 0 fully saturated rings. The first-order chi connectivity index (χ1) is 8.06. The van der Waals surface area contributed by atoms with Crippen LogP contribution in [0.25, 0.3) is 0 Å². The van der Waals surface area contributed by atoms with Gasteiger partial charge < -0.3 is 0 Å². The van der Waals surface area contributed by atoms with E-state index in [1.54, 1.807) is 0 Å². The Morgan fingerprint density at radius 2 is 0.941 bits per heavy atom. The monoisotopic (exact) mass is 362 g/mol. The first-order valence-corrected chi connectivity index (χ1v) is 18.3. The summed E-state index contributed by atoms with van der Waals surface area (Å²) < 4.78 is 1.44. The molecule has 0 bridgehead atoms. The van der Waals surface area contributed by atoms with Crippen LogP contribution in [0.3, 0.4) is 0 Å². The van der Waals surface area contributed by atoms with Crippen molar-refractivity contribution in [3.63, 3.8) is 0 Å². The molecular weight excluding hydrogens is 329 g/mol. The van der Waals surface area contributed by atoms with Gasteiger partial charge in [-0.1, -0.05) is 0 Å². The fraction of sp³-hybridized carbons (Fsp3) is 0.857. The van der Waals surface area contributed by atoms with Crippen LogP contribution in [0.4, 0.5) is 0 Å². The molecule has 100 valence electrons. The summed E-state index contributed by atoms with van der Waals surface area (Å²) in [5, 5.41) is 7.69. The van der Waals surface area contributed by atoms with Crippen LogP contribution < -0.4 is 0 Å². The average Bonchev–Trinajstić information content (AvgIpc) is 2.40. The van der Waals surface area contributed by atoms with Crippen LogP contribution in [0, 0.1) is 0 Å². The zero-order valence-electron chi connectivity index (χ0n) is 12.7. The van der Waals surface area contributed by atoms with E-state index in [9.17, 15) is 4.79 Å². The van der Waals surface area contributed by atoms with Gasteiger partial charge in [-0.3, -0.25) is 0 Å². The van der Waals surface area contributed by atoms with Crippen molar-refractivity contribution in [1.29, 1.82) is 0 Å². The molecule has 0 atom stereocenters. The Hall–Kier alpha value is 0.536. The van der Waals surface area contributed by atoms with Crippen molar-refractivity contribution in [2.75, 3.05) is 0 Å². The van der Waals surface area contributed by atoms with Gasteiger partial charge in [-0.05, 0) is 0 Å². The predicted octanol–water partition coefficient (Wildman–Crippen LogP) is 4.84. The Morgan fingerprint density at radius 3 is 1.06 bits per heavy atom. The fourth-order valence-corrected chi connectivity index (χ4v) is 41.2. The second-order valence-corrected chi connectivity index (χ2v) is 29.1. The van der Waals surface area contributed by atoms with Gasteiger partial charge in [0.05, 0.1) is 0 Å². The van der Waals surface area contributed by atoms with Crippen molar-refractivity contribution in [2.24, 2.45) is 0 Å². The van der Waals surface area contributed by atoms with Crippen LogP contribution in [0.15, 0.2) is 3.24 Å². The van der Waals surface area contributed by atoms with Crippen LogP contribution in [0.2, 0.25) is 31.5 Å². The molecule has 0 unspecified atom stereocenters. The summed E-state index contributed by atoms with van der Waals surface area (Å²) in [6, 6.07) is 0. The average molecular weight is 360 g/mol. The summed E-state index contributed by atoms with van der Waals surface area (Å²) in [5.41, 5.74) is 0. The van der Waals surface area contributed by atoms with Gasteiger partial charge >= 0.3 is 114 Å². The molecular formula is C14H30Ge2O.